The third-order valence-electron chi connectivity index (χ3n) is 4.02. The zero-order chi connectivity index (χ0) is 18.0. The van der Waals surface area contributed by atoms with Gasteiger partial charge in [-0.05, 0) is 55.3 Å². The third kappa shape index (κ3) is 3.84. The van der Waals surface area contributed by atoms with Crippen LogP contribution in [0, 0.1) is 5.82 Å². The fraction of sp³-hybridized carbons (Fsp3) is 0.235. The molecule has 1 saturated heterocycles. The lowest BCUT2D eigenvalue weighted by molar-refractivity contribution is -0.119. The van der Waals surface area contributed by atoms with Gasteiger partial charge in [0.05, 0.1) is 4.90 Å². The molecule has 5 nitrogen and oxygen atoms in total. The minimum absolute atomic E-state index is 0.0312. The highest BCUT2D eigenvalue weighted by molar-refractivity contribution is 7.89. The molecule has 0 aliphatic carbocycles. The van der Waals surface area contributed by atoms with Crippen LogP contribution in [-0.2, 0) is 14.8 Å². The van der Waals surface area contributed by atoms with Crippen LogP contribution < -0.4 is 5.32 Å². The molecule has 0 bridgehead atoms. The van der Waals surface area contributed by atoms with Crippen molar-refractivity contribution >= 4 is 33.2 Å². The highest BCUT2D eigenvalue weighted by atomic mass is 35.5. The van der Waals surface area contributed by atoms with Crippen LogP contribution in [0.5, 0.6) is 0 Å². The number of anilines is 1. The first-order chi connectivity index (χ1) is 11.9. The number of amides is 1. The Bertz CT molecular complexity index is 887. The van der Waals surface area contributed by atoms with Crippen molar-refractivity contribution in [3.63, 3.8) is 0 Å². The molecule has 1 aliphatic rings. The van der Waals surface area contributed by atoms with Crippen molar-refractivity contribution in [2.75, 3.05) is 11.9 Å². The first-order valence-electron chi connectivity index (χ1n) is 7.72. The van der Waals surface area contributed by atoms with Gasteiger partial charge in [0.15, 0.2) is 0 Å². The van der Waals surface area contributed by atoms with Crippen LogP contribution in [-0.4, -0.2) is 31.2 Å². The van der Waals surface area contributed by atoms with Crippen LogP contribution in [0.2, 0.25) is 5.02 Å². The van der Waals surface area contributed by atoms with E-state index in [0.29, 0.717) is 23.6 Å². The smallest absolute Gasteiger partial charge is 0.243 e. The minimum Gasteiger partial charge on any atom is -0.325 e. The Labute approximate surface area is 150 Å². The van der Waals surface area contributed by atoms with Gasteiger partial charge in [-0.2, -0.15) is 4.31 Å². The number of halogens is 2. The van der Waals surface area contributed by atoms with Gasteiger partial charge >= 0.3 is 0 Å². The van der Waals surface area contributed by atoms with Crippen molar-refractivity contribution in [1.82, 2.24) is 4.31 Å². The van der Waals surface area contributed by atoms with Crippen molar-refractivity contribution in [1.29, 1.82) is 0 Å². The molecule has 1 heterocycles. The highest BCUT2D eigenvalue weighted by Crippen LogP contribution is 2.27. The number of carbonyl (C=O) groups excluding carboxylic acids is 1. The molecule has 1 fully saturated rings. The molecule has 1 aliphatic heterocycles. The van der Waals surface area contributed by atoms with E-state index in [4.69, 9.17) is 11.6 Å². The Morgan fingerprint density at radius 1 is 1.20 bits per heavy atom. The van der Waals surface area contributed by atoms with Crippen LogP contribution in [0.25, 0.3) is 0 Å². The Balaban J connectivity index is 1.82. The average molecular weight is 383 g/mol. The lowest BCUT2D eigenvalue weighted by Crippen LogP contribution is -2.43. The summed E-state index contributed by atoms with van der Waals surface area (Å²) in [5, 5.41) is 3.17. The van der Waals surface area contributed by atoms with E-state index < -0.39 is 27.8 Å². The summed E-state index contributed by atoms with van der Waals surface area (Å²) in [6, 6.07) is 10.4. The Morgan fingerprint density at radius 2 is 1.92 bits per heavy atom. The van der Waals surface area contributed by atoms with Crippen LogP contribution in [0.4, 0.5) is 10.1 Å². The fourth-order valence-electron chi connectivity index (χ4n) is 2.82. The largest absolute Gasteiger partial charge is 0.325 e. The highest BCUT2D eigenvalue weighted by Gasteiger charge is 2.39. The number of nitrogens with one attached hydrogen (secondary N) is 1. The minimum atomic E-state index is -3.87. The fourth-order valence-corrected chi connectivity index (χ4v) is 4.67. The van der Waals surface area contributed by atoms with Crippen molar-refractivity contribution in [3.05, 3.63) is 59.4 Å². The standard InChI is InChI=1S/C17H16ClFN2O3S/c18-12-3-1-4-14(11-12)20-17(22)16-5-2-10-21(16)25(23,24)15-8-6-13(19)7-9-15/h1,3-4,6-9,11,16H,2,5,10H2,(H,20,22)/t16-/m0/s1. The van der Waals surface area contributed by atoms with Crippen LogP contribution in [0.15, 0.2) is 53.4 Å². The van der Waals surface area contributed by atoms with Gasteiger partial charge < -0.3 is 5.32 Å². The van der Waals surface area contributed by atoms with Crippen LogP contribution in [0.3, 0.4) is 0 Å². The van der Waals surface area contributed by atoms with Gasteiger partial charge in [0.2, 0.25) is 15.9 Å². The summed E-state index contributed by atoms with van der Waals surface area (Å²) in [5.41, 5.74) is 0.503. The Hall–Kier alpha value is -1.96. The quantitative estimate of drug-likeness (QED) is 0.882. The number of carbonyl (C=O) groups is 1. The molecule has 1 amide bonds. The monoisotopic (exact) mass is 382 g/mol. The van der Waals surface area contributed by atoms with Gasteiger partial charge in [0, 0.05) is 17.3 Å². The molecular weight excluding hydrogens is 367 g/mol. The molecule has 2 aromatic carbocycles. The molecule has 0 saturated carbocycles. The van der Waals surface area contributed by atoms with Gasteiger partial charge in [-0.25, -0.2) is 12.8 Å². The lowest BCUT2D eigenvalue weighted by Gasteiger charge is -2.23. The van der Waals surface area contributed by atoms with Gasteiger partial charge in [0.1, 0.15) is 11.9 Å². The molecule has 1 atom stereocenters. The topological polar surface area (TPSA) is 66.5 Å². The number of sulfonamides is 1. The second-order valence-electron chi connectivity index (χ2n) is 5.73. The maximum absolute atomic E-state index is 13.0. The molecule has 8 heteroatoms. The van der Waals surface area contributed by atoms with E-state index in [0.717, 1.165) is 12.1 Å². The third-order valence-corrected chi connectivity index (χ3v) is 6.18. The lowest BCUT2D eigenvalue weighted by atomic mass is 10.2. The second-order valence-corrected chi connectivity index (χ2v) is 8.05. The number of hydrogen-bond acceptors (Lipinski definition) is 3. The zero-order valence-electron chi connectivity index (χ0n) is 13.2. The second kappa shape index (κ2) is 7.11. The molecule has 2 aromatic rings. The summed E-state index contributed by atoms with van der Waals surface area (Å²) in [5.74, 6) is -0.930. The average Bonchev–Trinajstić information content (AvgIpc) is 3.06. The van der Waals surface area contributed by atoms with Gasteiger partial charge in [-0.3, -0.25) is 4.79 Å². The summed E-state index contributed by atoms with van der Waals surface area (Å²) >= 11 is 5.89. The molecule has 25 heavy (non-hydrogen) atoms. The van der Waals surface area contributed by atoms with E-state index in [1.165, 1.54) is 16.4 Å². The number of rotatable bonds is 4. The molecule has 0 radical (unpaired) electrons. The van der Waals surface area contributed by atoms with Gasteiger partial charge in [-0.1, -0.05) is 17.7 Å². The Morgan fingerprint density at radius 3 is 2.60 bits per heavy atom. The first kappa shape index (κ1) is 17.8. The van der Waals surface area contributed by atoms with Crippen molar-refractivity contribution in [2.24, 2.45) is 0 Å². The van der Waals surface area contributed by atoms with Crippen LogP contribution in [0.1, 0.15) is 12.8 Å². The molecule has 0 spiro atoms. The van der Waals surface area contributed by atoms with Crippen molar-refractivity contribution in [2.45, 2.75) is 23.8 Å². The molecule has 0 unspecified atom stereocenters. The van der Waals surface area contributed by atoms with E-state index in [1.807, 2.05) is 0 Å². The van der Waals surface area contributed by atoms with Crippen LogP contribution >= 0.6 is 11.6 Å². The Kier molecular flexibility index (Phi) is 5.08. The number of benzene rings is 2. The van der Waals surface area contributed by atoms with Crippen molar-refractivity contribution in [3.8, 4) is 0 Å². The molecule has 3 rings (SSSR count). The predicted octanol–water partition coefficient (Wildman–Crippen LogP) is 3.27. The summed E-state index contributed by atoms with van der Waals surface area (Å²) in [4.78, 5) is 12.5. The SMILES string of the molecule is O=C(Nc1cccc(Cl)c1)[C@@H]1CCCN1S(=O)(=O)c1ccc(F)cc1. The van der Waals surface area contributed by atoms with E-state index in [9.17, 15) is 17.6 Å². The maximum Gasteiger partial charge on any atom is 0.243 e. The van der Waals surface area contributed by atoms with E-state index in [-0.39, 0.29) is 11.4 Å². The van der Waals surface area contributed by atoms with Crippen molar-refractivity contribution < 1.29 is 17.6 Å². The molecule has 0 aromatic heterocycles. The molecule has 1 N–H and O–H groups in total. The summed E-state index contributed by atoms with van der Waals surface area (Å²) < 4.78 is 39.8. The normalized spacial score (nSPS) is 18.2. The predicted molar refractivity (Wildman–Crippen MR) is 93.4 cm³/mol. The van der Waals surface area contributed by atoms with E-state index in [1.54, 1.807) is 24.3 Å². The van der Waals surface area contributed by atoms with Gasteiger partial charge in [-0.15, -0.1) is 0 Å². The summed E-state index contributed by atoms with van der Waals surface area (Å²) in [6.07, 6.45) is 1.00. The maximum atomic E-state index is 13.0. The first-order valence-corrected chi connectivity index (χ1v) is 9.53. The van der Waals surface area contributed by atoms with E-state index >= 15 is 0 Å². The summed E-state index contributed by atoms with van der Waals surface area (Å²) in [7, 11) is -3.87. The molecule has 132 valence electrons. The molecular formula is C17H16ClFN2O3S. The summed E-state index contributed by atoms with van der Waals surface area (Å²) in [6.45, 7) is 0.243. The zero-order valence-corrected chi connectivity index (χ0v) is 14.7. The number of nitrogens with zero attached hydrogens (tertiary/aromatic N) is 1. The number of hydrogen-bond donors (Lipinski definition) is 1. The van der Waals surface area contributed by atoms with Gasteiger partial charge in [0.25, 0.3) is 0 Å². The van der Waals surface area contributed by atoms with E-state index in [2.05, 4.69) is 5.32 Å².